The molecule has 2 atom stereocenters. The summed E-state index contributed by atoms with van der Waals surface area (Å²) in [5.41, 5.74) is 3.40. The van der Waals surface area contributed by atoms with E-state index in [1.165, 1.54) is 4.90 Å². The summed E-state index contributed by atoms with van der Waals surface area (Å²) in [4.78, 5) is 30.0. The number of carboxylic acids is 1. The van der Waals surface area contributed by atoms with Gasteiger partial charge in [-0.3, -0.25) is 4.79 Å². The van der Waals surface area contributed by atoms with E-state index in [1.807, 2.05) is 43.3 Å². The minimum absolute atomic E-state index is 0.00553. The number of rotatable bonds is 8. The van der Waals surface area contributed by atoms with E-state index >= 15 is 0 Å². The second-order valence-electron chi connectivity index (χ2n) is 9.13. The van der Waals surface area contributed by atoms with Gasteiger partial charge in [0.05, 0.1) is 23.4 Å². The smallest absolute Gasteiger partial charge is 0.410 e. The first-order valence-corrected chi connectivity index (χ1v) is 12.0. The molecule has 36 heavy (non-hydrogen) atoms. The van der Waals surface area contributed by atoms with E-state index in [0.717, 1.165) is 18.4 Å². The number of aliphatic carboxylic acids is 1. The van der Waals surface area contributed by atoms with Crippen molar-refractivity contribution in [3.05, 3.63) is 59.4 Å². The number of aryl methyl sites for hydroxylation is 2. The Bertz CT molecular complexity index is 1210. The zero-order valence-electron chi connectivity index (χ0n) is 20.8. The molecule has 2 aromatic heterocycles. The molecule has 0 unspecified atom stereocenters. The standard InChI is InChI=1S/C26H31N5O5/c1-17-23(36-20-11-7-10-19(14-20)25(32)33)13-12-21(27-17)24-22(31(3)29-28-24)16-35-26(34)30(2)15-18-8-5-4-6-9-18/h4-6,8-9,12-13,19-20H,7,10-11,14-16H2,1-3H3,(H,32,33)/t19-,20-/m0/s1. The van der Waals surface area contributed by atoms with E-state index in [1.54, 1.807) is 24.8 Å². The molecule has 1 amide bonds. The van der Waals surface area contributed by atoms with E-state index in [4.69, 9.17) is 9.47 Å². The van der Waals surface area contributed by atoms with Gasteiger partial charge in [0.15, 0.2) is 0 Å². The van der Waals surface area contributed by atoms with Crippen LogP contribution in [0.5, 0.6) is 5.75 Å². The molecule has 2 heterocycles. The SMILES string of the molecule is Cc1nc(-c2nnn(C)c2COC(=O)N(C)Cc2ccccc2)ccc1O[C@H]1CCC[C@H](C(=O)O)C1. The van der Waals surface area contributed by atoms with Crippen LogP contribution in [0, 0.1) is 12.8 Å². The summed E-state index contributed by atoms with van der Waals surface area (Å²) in [5, 5.41) is 17.6. The van der Waals surface area contributed by atoms with Gasteiger partial charge >= 0.3 is 12.1 Å². The highest BCUT2D eigenvalue weighted by atomic mass is 16.6. The van der Waals surface area contributed by atoms with Crippen molar-refractivity contribution < 1.29 is 24.2 Å². The highest BCUT2D eigenvalue weighted by molar-refractivity contribution is 5.70. The zero-order valence-corrected chi connectivity index (χ0v) is 20.8. The summed E-state index contributed by atoms with van der Waals surface area (Å²) in [6.45, 7) is 2.27. The molecule has 3 aromatic rings. The fourth-order valence-corrected chi connectivity index (χ4v) is 4.36. The molecule has 0 saturated heterocycles. The van der Waals surface area contributed by atoms with Crippen molar-refractivity contribution in [2.45, 2.75) is 51.9 Å². The second kappa shape index (κ2) is 11.2. The zero-order chi connectivity index (χ0) is 25.7. The van der Waals surface area contributed by atoms with Crippen LogP contribution in [0.2, 0.25) is 0 Å². The molecule has 10 heteroatoms. The first-order chi connectivity index (χ1) is 17.3. The van der Waals surface area contributed by atoms with Crippen molar-refractivity contribution >= 4 is 12.1 Å². The van der Waals surface area contributed by atoms with E-state index in [-0.39, 0.29) is 18.6 Å². The lowest BCUT2D eigenvalue weighted by atomic mass is 9.87. The quantitative estimate of drug-likeness (QED) is 0.500. The number of carbonyl (C=O) groups is 2. The van der Waals surface area contributed by atoms with Crippen molar-refractivity contribution in [1.29, 1.82) is 0 Å². The van der Waals surface area contributed by atoms with E-state index < -0.39 is 12.1 Å². The molecule has 0 radical (unpaired) electrons. The molecule has 0 bridgehead atoms. The molecule has 1 saturated carbocycles. The summed E-state index contributed by atoms with van der Waals surface area (Å²) in [7, 11) is 3.42. The third-order valence-corrected chi connectivity index (χ3v) is 6.40. The van der Waals surface area contributed by atoms with E-state index in [9.17, 15) is 14.7 Å². The normalized spacial score (nSPS) is 17.4. The summed E-state index contributed by atoms with van der Waals surface area (Å²) in [6, 6.07) is 13.3. The van der Waals surface area contributed by atoms with Gasteiger partial charge < -0.3 is 19.5 Å². The molecule has 1 aliphatic rings. The summed E-state index contributed by atoms with van der Waals surface area (Å²) >= 11 is 0. The lowest BCUT2D eigenvalue weighted by Crippen LogP contribution is -2.29. The minimum Gasteiger partial charge on any atom is -0.489 e. The minimum atomic E-state index is -0.768. The Hall–Kier alpha value is -3.95. The van der Waals surface area contributed by atoms with Crippen LogP contribution in [0.1, 0.15) is 42.6 Å². The van der Waals surface area contributed by atoms with Gasteiger partial charge in [0.2, 0.25) is 0 Å². The monoisotopic (exact) mass is 493 g/mol. The molecule has 4 rings (SSSR count). The van der Waals surface area contributed by atoms with Gasteiger partial charge in [0, 0.05) is 20.6 Å². The third kappa shape index (κ3) is 5.99. The highest BCUT2D eigenvalue weighted by Crippen LogP contribution is 2.30. The average Bonchev–Trinajstić information content (AvgIpc) is 3.24. The molecule has 190 valence electrons. The Morgan fingerprint density at radius 1 is 1.17 bits per heavy atom. The number of carboxylic acid groups (broad SMARTS) is 1. The average molecular weight is 494 g/mol. The van der Waals surface area contributed by atoms with Gasteiger partial charge in [-0.1, -0.05) is 35.5 Å². The molecule has 1 aromatic carbocycles. The van der Waals surface area contributed by atoms with Crippen molar-refractivity contribution in [1.82, 2.24) is 24.9 Å². The number of pyridine rings is 1. The maximum atomic E-state index is 12.5. The Kier molecular flexibility index (Phi) is 7.82. The molecular weight excluding hydrogens is 462 g/mol. The summed E-state index contributed by atoms with van der Waals surface area (Å²) < 4.78 is 13.2. The predicted molar refractivity (Wildman–Crippen MR) is 131 cm³/mol. The Balaban J connectivity index is 1.41. The van der Waals surface area contributed by atoms with Crippen molar-refractivity contribution in [2.24, 2.45) is 13.0 Å². The molecular formula is C26H31N5O5. The second-order valence-corrected chi connectivity index (χ2v) is 9.13. The van der Waals surface area contributed by atoms with Crippen LogP contribution in [-0.2, 0) is 29.7 Å². The van der Waals surface area contributed by atoms with Gasteiger partial charge in [0.1, 0.15) is 23.7 Å². The Morgan fingerprint density at radius 2 is 1.94 bits per heavy atom. The van der Waals surface area contributed by atoms with Gasteiger partial charge in [-0.15, -0.1) is 5.10 Å². The fraction of sp³-hybridized carbons (Fsp3) is 0.423. The number of benzene rings is 1. The third-order valence-electron chi connectivity index (χ3n) is 6.40. The first kappa shape index (κ1) is 25.2. The lowest BCUT2D eigenvalue weighted by Gasteiger charge is -2.27. The van der Waals surface area contributed by atoms with E-state index in [2.05, 4.69) is 15.3 Å². The topological polar surface area (TPSA) is 120 Å². The maximum absolute atomic E-state index is 12.5. The molecule has 0 spiro atoms. The maximum Gasteiger partial charge on any atom is 0.410 e. The fourth-order valence-electron chi connectivity index (χ4n) is 4.36. The van der Waals surface area contributed by atoms with Crippen molar-refractivity contribution in [3.8, 4) is 17.1 Å². The number of ether oxygens (including phenoxy) is 2. The number of carbonyl (C=O) groups excluding carboxylic acids is 1. The van der Waals surface area contributed by atoms with E-state index in [0.29, 0.717) is 47.9 Å². The predicted octanol–water partition coefficient (Wildman–Crippen LogP) is 3.98. The van der Waals surface area contributed by atoms with Crippen LogP contribution >= 0.6 is 0 Å². The van der Waals surface area contributed by atoms with Crippen LogP contribution in [0.4, 0.5) is 4.79 Å². The Morgan fingerprint density at radius 3 is 2.67 bits per heavy atom. The summed E-state index contributed by atoms with van der Waals surface area (Å²) in [6.07, 6.45) is 2.23. The van der Waals surface area contributed by atoms with Crippen LogP contribution < -0.4 is 4.74 Å². The molecule has 1 aliphatic carbocycles. The molecule has 1 fully saturated rings. The Labute approximate surface area is 209 Å². The number of hydrogen-bond donors (Lipinski definition) is 1. The van der Waals surface area contributed by atoms with Gasteiger partial charge in [-0.25, -0.2) is 14.5 Å². The molecule has 1 N–H and O–H groups in total. The van der Waals surface area contributed by atoms with Crippen LogP contribution in [0.15, 0.2) is 42.5 Å². The van der Waals surface area contributed by atoms with Crippen molar-refractivity contribution in [2.75, 3.05) is 7.05 Å². The van der Waals surface area contributed by atoms with Crippen molar-refractivity contribution in [3.63, 3.8) is 0 Å². The number of hydrogen-bond acceptors (Lipinski definition) is 7. The van der Waals surface area contributed by atoms with Gasteiger partial charge in [-0.05, 0) is 50.3 Å². The van der Waals surface area contributed by atoms with Gasteiger partial charge in [0.25, 0.3) is 0 Å². The number of nitrogens with zero attached hydrogens (tertiary/aromatic N) is 5. The van der Waals surface area contributed by atoms with Gasteiger partial charge in [-0.2, -0.15) is 0 Å². The van der Waals surface area contributed by atoms with Crippen LogP contribution in [-0.4, -0.2) is 55.2 Å². The first-order valence-electron chi connectivity index (χ1n) is 12.0. The number of amides is 1. The highest BCUT2D eigenvalue weighted by Gasteiger charge is 2.28. The summed E-state index contributed by atoms with van der Waals surface area (Å²) in [5.74, 6) is -0.516. The van der Waals surface area contributed by atoms with Crippen LogP contribution in [0.3, 0.4) is 0 Å². The molecule has 0 aliphatic heterocycles. The largest absolute Gasteiger partial charge is 0.489 e. The number of aromatic nitrogens is 4. The molecule has 10 nitrogen and oxygen atoms in total. The van der Waals surface area contributed by atoms with Crippen LogP contribution in [0.25, 0.3) is 11.4 Å². The lowest BCUT2D eigenvalue weighted by molar-refractivity contribution is -0.143.